The van der Waals surface area contributed by atoms with E-state index in [4.69, 9.17) is 9.47 Å². The average Bonchev–Trinajstić information content (AvgIpc) is 2.38. The van der Waals surface area contributed by atoms with Crippen molar-refractivity contribution in [1.82, 2.24) is 0 Å². The summed E-state index contributed by atoms with van der Waals surface area (Å²) >= 11 is 0. The van der Waals surface area contributed by atoms with Gasteiger partial charge in [0.15, 0.2) is 11.5 Å². The molecular formula is C14H15NO2. The van der Waals surface area contributed by atoms with Crippen molar-refractivity contribution in [2.24, 2.45) is 5.92 Å². The quantitative estimate of drug-likeness (QED) is 0.743. The van der Waals surface area contributed by atoms with Crippen LogP contribution in [0.15, 0.2) is 18.2 Å². The number of nitrogens with zero attached hydrogens (tertiary/aromatic N) is 1. The summed E-state index contributed by atoms with van der Waals surface area (Å²) < 4.78 is 11.1. The lowest BCUT2D eigenvalue weighted by Gasteiger charge is -2.43. The van der Waals surface area contributed by atoms with Gasteiger partial charge in [-0.05, 0) is 36.5 Å². The summed E-state index contributed by atoms with van der Waals surface area (Å²) in [6, 6.07) is 8.40. The topological polar surface area (TPSA) is 42.2 Å². The summed E-state index contributed by atoms with van der Waals surface area (Å²) in [7, 11) is 0. The summed E-state index contributed by atoms with van der Waals surface area (Å²) in [4.78, 5) is 0. The third-order valence-electron chi connectivity index (χ3n) is 4.07. The van der Waals surface area contributed by atoms with Crippen LogP contribution in [0, 0.1) is 17.2 Å². The van der Waals surface area contributed by atoms with Gasteiger partial charge in [-0.25, -0.2) is 0 Å². The van der Waals surface area contributed by atoms with Gasteiger partial charge >= 0.3 is 0 Å². The van der Waals surface area contributed by atoms with Crippen molar-refractivity contribution in [2.45, 2.75) is 25.2 Å². The number of fused-ring (bicyclic) bond motifs is 1. The Labute approximate surface area is 101 Å². The van der Waals surface area contributed by atoms with Crippen LogP contribution in [-0.4, -0.2) is 13.2 Å². The van der Waals surface area contributed by atoms with Crippen LogP contribution in [0.25, 0.3) is 0 Å². The van der Waals surface area contributed by atoms with Gasteiger partial charge in [-0.15, -0.1) is 0 Å². The van der Waals surface area contributed by atoms with E-state index in [2.05, 4.69) is 13.0 Å². The molecule has 1 saturated carbocycles. The molecule has 1 aliphatic carbocycles. The van der Waals surface area contributed by atoms with Crippen molar-refractivity contribution >= 4 is 0 Å². The van der Waals surface area contributed by atoms with Gasteiger partial charge in [-0.3, -0.25) is 0 Å². The lowest BCUT2D eigenvalue weighted by molar-refractivity contribution is 0.168. The molecule has 17 heavy (non-hydrogen) atoms. The van der Waals surface area contributed by atoms with Gasteiger partial charge in [0.25, 0.3) is 0 Å². The van der Waals surface area contributed by atoms with Gasteiger partial charge < -0.3 is 9.47 Å². The Morgan fingerprint density at radius 2 is 2.06 bits per heavy atom. The Morgan fingerprint density at radius 1 is 1.29 bits per heavy atom. The summed E-state index contributed by atoms with van der Waals surface area (Å²) in [5, 5.41) is 9.44. The first-order valence-electron chi connectivity index (χ1n) is 6.08. The highest BCUT2D eigenvalue weighted by Gasteiger charge is 2.46. The first-order chi connectivity index (χ1) is 8.26. The largest absolute Gasteiger partial charge is 0.486 e. The first kappa shape index (κ1) is 10.5. The molecule has 0 saturated heterocycles. The molecule has 3 rings (SSSR count). The Balaban J connectivity index is 2.02. The molecule has 1 aromatic rings. The fraction of sp³-hybridized carbons (Fsp3) is 0.500. The summed E-state index contributed by atoms with van der Waals surface area (Å²) in [5.74, 6) is 2.00. The Bertz CT molecular complexity index is 491. The lowest BCUT2D eigenvalue weighted by atomic mass is 9.58. The van der Waals surface area contributed by atoms with E-state index in [1.165, 1.54) is 0 Å². The van der Waals surface area contributed by atoms with Gasteiger partial charge in [0.05, 0.1) is 11.5 Å². The summed E-state index contributed by atoms with van der Waals surface area (Å²) in [5.41, 5.74) is 0.763. The van der Waals surface area contributed by atoms with E-state index in [1.807, 2.05) is 18.2 Å². The predicted molar refractivity (Wildman–Crippen MR) is 63.1 cm³/mol. The van der Waals surface area contributed by atoms with Crippen LogP contribution in [0.5, 0.6) is 11.5 Å². The number of ether oxygens (including phenoxy) is 2. The molecule has 0 aromatic heterocycles. The Hall–Kier alpha value is -1.69. The molecule has 1 heterocycles. The van der Waals surface area contributed by atoms with Gasteiger partial charge in [0, 0.05) is 0 Å². The van der Waals surface area contributed by atoms with Crippen LogP contribution in [-0.2, 0) is 5.41 Å². The molecule has 0 spiro atoms. The van der Waals surface area contributed by atoms with Crippen LogP contribution in [0.3, 0.4) is 0 Å². The molecule has 1 fully saturated rings. The van der Waals surface area contributed by atoms with E-state index in [0.717, 1.165) is 29.9 Å². The second-order valence-electron chi connectivity index (χ2n) is 4.88. The van der Waals surface area contributed by atoms with E-state index in [0.29, 0.717) is 19.1 Å². The van der Waals surface area contributed by atoms with Crippen LogP contribution in [0.4, 0.5) is 0 Å². The standard InChI is InChI=1S/C14H15NO2/c1-10-4-5-14(10,9-15)11-2-3-12-13(8-11)17-7-6-16-12/h2-3,8,10H,4-7H2,1H3. The highest BCUT2D eigenvalue weighted by Crippen LogP contribution is 2.49. The molecule has 2 unspecified atom stereocenters. The predicted octanol–water partition coefficient (Wildman–Crippen LogP) is 2.65. The van der Waals surface area contributed by atoms with Crippen molar-refractivity contribution in [3.05, 3.63) is 23.8 Å². The van der Waals surface area contributed by atoms with Crippen molar-refractivity contribution in [3.63, 3.8) is 0 Å². The number of nitriles is 1. The monoisotopic (exact) mass is 229 g/mol. The molecule has 2 atom stereocenters. The second kappa shape index (κ2) is 3.66. The number of hydrogen-bond acceptors (Lipinski definition) is 3. The van der Waals surface area contributed by atoms with Crippen LogP contribution < -0.4 is 9.47 Å². The Morgan fingerprint density at radius 3 is 2.65 bits per heavy atom. The van der Waals surface area contributed by atoms with E-state index >= 15 is 0 Å². The third-order valence-corrected chi connectivity index (χ3v) is 4.07. The molecule has 0 amide bonds. The van der Waals surface area contributed by atoms with E-state index < -0.39 is 0 Å². The molecule has 0 N–H and O–H groups in total. The maximum absolute atomic E-state index is 9.44. The minimum absolute atomic E-state index is 0.310. The minimum Gasteiger partial charge on any atom is -0.486 e. The van der Waals surface area contributed by atoms with Crippen LogP contribution in [0.1, 0.15) is 25.3 Å². The number of benzene rings is 1. The first-order valence-corrected chi connectivity index (χ1v) is 6.08. The number of rotatable bonds is 1. The van der Waals surface area contributed by atoms with Crippen molar-refractivity contribution < 1.29 is 9.47 Å². The van der Waals surface area contributed by atoms with Crippen molar-refractivity contribution in [3.8, 4) is 17.6 Å². The molecule has 1 aromatic carbocycles. The zero-order valence-electron chi connectivity index (χ0n) is 9.90. The highest BCUT2D eigenvalue weighted by molar-refractivity contribution is 5.49. The Kier molecular flexibility index (Phi) is 2.25. The van der Waals surface area contributed by atoms with Gasteiger partial charge in [0.1, 0.15) is 13.2 Å². The molecule has 0 bridgehead atoms. The molecule has 3 heteroatoms. The molecule has 2 aliphatic rings. The van der Waals surface area contributed by atoms with Crippen molar-refractivity contribution in [1.29, 1.82) is 5.26 Å². The fourth-order valence-electron chi connectivity index (χ4n) is 2.70. The second-order valence-corrected chi connectivity index (χ2v) is 4.88. The number of hydrogen-bond donors (Lipinski definition) is 0. The molecule has 1 aliphatic heterocycles. The third kappa shape index (κ3) is 1.40. The zero-order chi connectivity index (χ0) is 11.9. The minimum atomic E-state index is -0.310. The SMILES string of the molecule is CC1CCC1(C#N)c1ccc2c(c1)OCCO2. The molecule has 88 valence electrons. The van der Waals surface area contributed by atoms with E-state index in [-0.39, 0.29) is 5.41 Å². The van der Waals surface area contributed by atoms with Gasteiger partial charge in [-0.2, -0.15) is 5.26 Å². The zero-order valence-corrected chi connectivity index (χ0v) is 9.90. The van der Waals surface area contributed by atoms with Crippen LogP contribution in [0.2, 0.25) is 0 Å². The van der Waals surface area contributed by atoms with Gasteiger partial charge in [-0.1, -0.05) is 13.0 Å². The van der Waals surface area contributed by atoms with Crippen LogP contribution >= 0.6 is 0 Å². The maximum atomic E-state index is 9.44. The lowest BCUT2D eigenvalue weighted by Crippen LogP contribution is -2.41. The fourth-order valence-corrected chi connectivity index (χ4v) is 2.70. The molecule has 0 radical (unpaired) electrons. The van der Waals surface area contributed by atoms with Crippen molar-refractivity contribution in [2.75, 3.05) is 13.2 Å². The smallest absolute Gasteiger partial charge is 0.161 e. The molecular weight excluding hydrogens is 214 g/mol. The maximum Gasteiger partial charge on any atom is 0.161 e. The normalized spacial score (nSPS) is 30.2. The molecule has 3 nitrogen and oxygen atoms in total. The summed E-state index contributed by atoms with van der Waals surface area (Å²) in [6.45, 7) is 3.33. The highest BCUT2D eigenvalue weighted by atomic mass is 16.6. The summed E-state index contributed by atoms with van der Waals surface area (Å²) in [6.07, 6.45) is 2.08. The van der Waals surface area contributed by atoms with E-state index in [9.17, 15) is 5.26 Å². The van der Waals surface area contributed by atoms with E-state index in [1.54, 1.807) is 0 Å². The van der Waals surface area contributed by atoms with Gasteiger partial charge in [0.2, 0.25) is 0 Å². The average molecular weight is 229 g/mol.